The van der Waals surface area contributed by atoms with E-state index in [9.17, 15) is 4.79 Å². The fraction of sp³-hybridized carbons (Fsp3) is 0.333. The third-order valence-electron chi connectivity index (χ3n) is 4.13. The first-order valence-corrected chi connectivity index (χ1v) is 7.79. The van der Waals surface area contributed by atoms with Crippen molar-refractivity contribution in [2.45, 2.75) is 32.0 Å². The number of carbonyl (C=O) groups excluding carboxylic acids is 1. The van der Waals surface area contributed by atoms with Crippen LogP contribution in [0.3, 0.4) is 0 Å². The quantitative estimate of drug-likeness (QED) is 0.921. The highest BCUT2D eigenvalue weighted by atomic mass is 16.3. The third-order valence-corrected chi connectivity index (χ3v) is 4.13. The van der Waals surface area contributed by atoms with Gasteiger partial charge in [0, 0.05) is 6.54 Å². The highest BCUT2D eigenvalue weighted by Crippen LogP contribution is 2.21. The summed E-state index contributed by atoms with van der Waals surface area (Å²) in [7, 11) is 0. The first-order valence-electron chi connectivity index (χ1n) is 7.79. The average Bonchev–Trinajstić information content (AvgIpc) is 3.24. The summed E-state index contributed by atoms with van der Waals surface area (Å²) in [5.74, 6) is 0.792. The number of nitriles is 1. The van der Waals surface area contributed by atoms with Gasteiger partial charge in [-0.3, -0.25) is 9.69 Å². The fourth-order valence-corrected chi connectivity index (χ4v) is 2.99. The molecule has 2 aromatic rings. The monoisotopic (exact) mass is 309 g/mol. The van der Waals surface area contributed by atoms with Crippen LogP contribution in [0.15, 0.2) is 47.1 Å². The summed E-state index contributed by atoms with van der Waals surface area (Å²) in [5.41, 5.74) is 1.72. The minimum atomic E-state index is -0.115. The molecule has 1 amide bonds. The fourth-order valence-electron chi connectivity index (χ4n) is 2.99. The number of hydrogen-bond acceptors (Lipinski definition) is 4. The Labute approximate surface area is 135 Å². The number of furan rings is 1. The SMILES string of the molecule is N#Cc1cccc(CN2CCC[C@@H]2C(=O)NCc2ccco2)c1. The Balaban J connectivity index is 1.60. The number of nitrogens with zero attached hydrogens (tertiary/aromatic N) is 2. The smallest absolute Gasteiger partial charge is 0.237 e. The van der Waals surface area contributed by atoms with Crippen molar-refractivity contribution in [3.05, 3.63) is 59.5 Å². The van der Waals surface area contributed by atoms with Crippen molar-refractivity contribution < 1.29 is 9.21 Å². The summed E-state index contributed by atoms with van der Waals surface area (Å²) in [6, 6.07) is 13.3. The zero-order valence-corrected chi connectivity index (χ0v) is 12.9. The molecule has 1 aliphatic heterocycles. The van der Waals surface area contributed by atoms with E-state index in [1.54, 1.807) is 12.3 Å². The summed E-state index contributed by atoms with van der Waals surface area (Å²) >= 11 is 0. The van der Waals surface area contributed by atoms with E-state index in [1.807, 2.05) is 30.3 Å². The van der Waals surface area contributed by atoms with Gasteiger partial charge in [0.15, 0.2) is 0 Å². The van der Waals surface area contributed by atoms with Crippen LogP contribution < -0.4 is 5.32 Å². The minimum absolute atomic E-state index is 0.0373. The molecule has 23 heavy (non-hydrogen) atoms. The summed E-state index contributed by atoms with van der Waals surface area (Å²) < 4.78 is 5.24. The molecule has 1 atom stereocenters. The second kappa shape index (κ2) is 7.12. The molecule has 1 N–H and O–H groups in total. The predicted molar refractivity (Wildman–Crippen MR) is 85.1 cm³/mol. The molecule has 3 rings (SSSR count). The number of carbonyl (C=O) groups is 1. The van der Waals surface area contributed by atoms with Gasteiger partial charge in [-0.2, -0.15) is 5.26 Å². The van der Waals surface area contributed by atoms with Gasteiger partial charge in [0.05, 0.1) is 30.5 Å². The van der Waals surface area contributed by atoms with Gasteiger partial charge in [-0.25, -0.2) is 0 Å². The van der Waals surface area contributed by atoms with Crippen LogP contribution in [-0.2, 0) is 17.9 Å². The van der Waals surface area contributed by atoms with Crippen LogP contribution in [0.5, 0.6) is 0 Å². The van der Waals surface area contributed by atoms with Crippen molar-refractivity contribution in [1.29, 1.82) is 5.26 Å². The number of likely N-dealkylation sites (tertiary alicyclic amines) is 1. The predicted octanol–water partition coefficient (Wildman–Crippen LogP) is 2.43. The lowest BCUT2D eigenvalue weighted by Crippen LogP contribution is -2.42. The molecule has 0 aliphatic carbocycles. The number of hydrogen-bond donors (Lipinski definition) is 1. The van der Waals surface area contributed by atoms with E-state index < -0.39 is 0 Å². The van der Waals surface area contributed by atoms with Crippen molar-refractivity contribution in [3.63, 3.8) is 0 Å². The Morgan fingerprint density at radius 2 is 2.30 bits per heavy atom. The van der Waals surface area contributed by atoms with Crippen LogP contribution in [-0.4, -0.2) is 23.4 Å². The van der Waals surface area contributed by atoms with Crippen LogP contribution in [0, 0.1) is 11.3 Å². The van der Waals surface area contributed by atoms with Gasteiger partial charge >= 0.3 is 0 Å². The molecule has 1 fully saturated rings. The zero-order valence-electron chi connectivity index (χ0n) is 12.9. The van der Waals surface area contributed by atoms with E-state index in [-0.39, 0.29) is 11.9 Å². The molecule has 5 nitrogen and oxygen atoms in total. The molecule has 0 unspecified atom stereocenters. The standard InChI is InChI=1S/C18H19N3O2/c19-11-14-4-1-5-15(10-14)13-21-8-2-7-17(21)18(22)20-12-16-6-3-9-23-16/h1,3-6,9-10,17H,2,7-8,12-13H2,(H,20,22)/t17-/m1/s1. The lowest BCUT2D eigenvalue weighted by molar-refractivity contribution is -0.125. The Morgan fingerprint density at radius 3 is 3.09 bits per heavy atom. The van der Waals surface area contributed by atoms with Crippen molar-refractivity contribution in [3.8, 4) is 6.07 Å². The largest absolute Gasteiger partial charge is 0.467 e. The van der Waals surface area contributed by atoms with Crippen molar-refractivity contribution in [1.82, 2.24) is 10.2 Å². The molecular formula is C18H19N3O2. The minimum Gasteiger partial charge on any atom is -0.467 e. The molecule has 0 spiro atoms. The maximum atomic E-state index is 12.4. The highest BCUT2D eigenvalue weighted by molar-refractivity contribution is 5.81. The molecule has 2 heterocycles. The summed E-state index contributed by atoms with van der Waals surface area (Å²) in [4.78, 5) is 14.6. The molecule has 1 aromatic carbocycles. The van der Waals surface area contributed by atoms with E-state index in [1.165, 1.54) is 0 Å². The van der Waals surface area contributed by atoms with E-state index in [0.717, 1.165) is 30.7 Å². The molecular weight excluding hydrogens is 290 g/mol. The van der Waals surface area contributed by atoms with Gasteiger partial charge in [-0.05, 0) is 49.2 Å². The maximum Gasteiger partial charge on any atom is 0.237 e. The van der Waals surface area contributed by atoms with Gasteiger partial charge in [-0.15, -0.1) is 0 Å². The van der Waals surface area contributed by atoms with Gasteiger partial charge < -0.3 is 9.73 Å². The molecule has 1 aromatic heterocycles. The summed E-state index contributed by atoms with van der Waals surface area (Å²) in [6.07, 6.45) is 3.48. The van der Waals surface area contributed by atoms with Crippen LogP contribution >= 0.6 is 0 Å². The molecule has 0 saturated carbocycles. The third kappa shape index (κ3) is 3.79. The van der Waals surface area contributed by atoms with E-state index >= 15 is 0 Å². The van der Waals surface area contributed by atoms with Crippen molar-refractivity contribution >= 4 is 5.91 Å². The van der Waals surface area contributed by atoms with Crippen molar-refractivity contribution in [2.75, 3.05) is 6.54 Å². The van der Waals surface area contributed by atoms with Gasteiger partial charge in [0.1, 0.15) is 5.76 Å². The van der Waals surface area contributed by atoms with Crippen LogP contribution in [0.1, 0.15) is 29.7 Å². The second-order valence-corrected chi connectivity index (χ2v) is 5.74. The average molecular weight is 309 g/mol. The maximum absolute atomic E-state index is 12.4. The van der Waals surface area contributed by atoms with E-state index in [4.69, 9.17) is 9.68 Å². The lowest BCUT2D eigenvalue weighted by atomic mass is 10.1. The first-order chi connectivity index (χ1) is 11.3. The van der Waals surface area contributed by atoms with Crippen LogP contribution in [0.4, 0.5) is 0 Å². The summed E-state index contributed by atoms with van der Waals surface area (Å²) in [6.45, 7) is 2.00. The zero-order chi connectivity index (χ0) is 16.1. The number of rotatable bonds is 5. The van der Waals surface area contributed by atoms with Crippen LogP contribution in [0.25, 0.3) is 0 Å². The van der Waals surface area contributed by atoms with Gasteiger partial charge in [-0.1, -0.05) is 12.1 Å². The number of nitrogens with one attached hydrogen (secondary N) is 1. The molecule has 0 bridgehead atoms. The Morgan fingerprint density at radius 1 is 1.39 bits per heavy atom. The number of benzene rings is 1. The normalized spacial score (nSPS) is 17.8. The van der Waals surface area contributed by atoms with Gasteiger partial charge in [0.2, 0.25) is 5.91 Å². The molecule has 5 heteroatoms. The Kier molecular flexibility index (Phi) is 4.74. The molecule has 1 saturated heterocycles. The molecule has 1 aliphatic rings. The van der Waals surface area contributed by atoms with Crippen LogP contribution in [0.2, 0.25) is 0 Å². The van der Waals surface area contributed by atoms with E-state index in [0.29, 0.717) is 18.7 Å². The Bertz CT molecular complexity index is 703. The second-order valence-electron chi connectivity index (χ2n) is 5.74. The lowest BCUT2D eigenvalue weighted by Gasteiger charge is -2.23. The van der Waals surface area contributed by atoms with E-state index in [2.05, 4.69) is 16.3 Å². The van der Waals surface area contributed by atoms with Gasteiger partial charge in [0.25, 0.3) is 0 Å². The van der Waals surface area contributed by atoms with Crippen molar-refractivity contribution in [2.24, 2.45) is 0 Å². The Hall–Kier alpha value is -2.58. The first kappa shape index (κ1) is 15.3. The molecule has 118 valence electrons. The number of amides is 1. The highest BCUT2D eigenvalue weighted by Gasteiger charge is 2.30. The summed E-state index contributed by atoms with van der Waals surface area (Å²) in [5, 5.41) is 11.9. The topological polar surface area (TPSA) is 69.3 Å². The molecule has 0 radical (unpaired) electrons.